The maximum absolute atomic E-state index is 10.5. The van der Waals surface area contributed by atoms with Crippen LogP contribution in [0.25, 0.3) is 0 Å². The third-order valence-electron chi connectivity index (χ3n) is 0.676. The van der Waals surface area contributed by atoms with Crippen LogP contribution in [0.3, 0.4) is 0 Å². The lowest BCUT2D eigenvalue weighted by Gasteiger charge is -1.92. The molecular formula is C6H8O3S. The van der Waals surface area contributed by atoms with Crippen LogP contribution in [0.2, 0.25) is 0 Å². The first kappa shape index (κ1) is 9.21. The Morgan fingerprint density at radius 1 is 1.70 bits per heavy atom. The minimum absolute atomic E-state index is 0.106. The predicted octanol–water partition coefficient (Wildman–Crippen LogP) is 0.500. The molecule has 0 amide bonds. The second-order valence-corrected chi connectivity index (χ2v) is 2.90. The number of hydrogen-bond donors (Lipinski definition) is 0. The lowest BCUT2D eigenvalue weighted by atomic mass is 10.6. The molecule has 0 spiro atoms. The van der Waals surface area contributed by atoms with Gasteiger partial charge in [-0.1, -0.05) is 12.5 Å². The summed E-state index contributed by atoms with van der Waals surface area (Å²) in [6.45, 7) is 4.54. The van der Waals surface area contributed by atoms with E-state index in [4.69, 9.17) is 0 Å². The Bertz CT molecular complexity index is 252. The summed E-state index contributed by atoms with van der Waals surface area (Å²) in [5.74, 6) is 4.93. The van der Waals surface area contributed by atoms with Gasteiger partial charge in [-0.05, 0) is 6.92 Å². The summed E-state index contributed by atoms with van der Waals surface area (Å²) in [4.78, 5) is 0. The van der Waals surface area contributed by atoms with Gasteiger partial charge in [-0.2, -0.15) is 8.42 Å². The minimum Gasteiger partial charge on any atom is -0.254 e. The Labute approximate surface area is 60.8 Å². The SMILES string of the molecule is C=CS(=O)(=O)OCC#CC. The Morgan fingerprint density at radius 3 is 2.70 bits per heavy atom. The Morgan fingerprint density at radius 2 is 2.30 bits per heavy atom. The summed E-state index contributed by atoms with van der Waals surface area (Å²) in [5.41, 5.74) is 0. The minimum atomic E-state index is -3.53. The van der Waals surface area contributed by atoms with Crippen molar-refractivity contribution in [3.8, 4) is 11.8 Å². The van der Waals surface area contributed by atoms with Gasteiger partial charge >= 0.3 is 0 Å². The zero-order chi connectivity index (χ0) is 8.04. The van der Waals surface area contributed by atoms with E-state index in [9.17, 15) is 8.42 Å². The van der Waals surface area contributed by atoms with Crippen LogP contribution in [0.5, 0.6) is 0 Å². The fourth-order valence-electron chi connectivity index (χ4n) is 0.232. The predicted molar refractivity (Wildman–Crippen MR) is 38.5 cm³/mol. The molecule has 0 heterocycles. The quantitative estimate of drug-likeness (QED) is 0.446. The van der Waals surface area contributed by atoms with Gasteiger partial charge < -0.3 is 0 Å². The van der Waals surface area contributed by atoms with E-state index in [0.29, 0.717) is 0 Å². The van der Waals surface area contributed by atoms with Gasteiger partial charge in [0, 0.05) is 0 Å². The van der Waals surface area contributed by atoms with Gasteiger partial charge in [-0.15, -0.1) is 5.92 Å². The average molecular weight is 160 g/mol. The molecule has 0 rings (SSSR count). The van der Waals surface area contributed by atoms with Crippen molar-refractivity contribution in [2.45, 2.75) is 6.92 Å². The normalized spacial score (nSPS) is 9.70. The fourth-order valence-corrected chi connectivity index (χ4v) is 0.551. The van der Waals surface area contributed by atoms with Gasteiger partial charge in [0.15, 0.2) is 0 Å². The summed E-state index contributed by atoms with van der Waals surface area (Å²) in [6, 6.07) is 0. The van der Waals surface area contributed by atoms with Crippen molar-refractivity contribution in [1.29, 1.82) is 0 Å². The number of rotatable bonds is 3. The molecule has 56 valence electrons. The van der Waals surface area contributed by atoms with E-state index in [1.54, 1.807) is 6.92 Å². The molecule has 0 aliphatic heterocycles. The lowest BCUT2D eigenvalue weighted by Crippen LogP contribution is -2.00. The molecule has 3 nitrogen and oxygen atoms in total. The monoisotopic (exact) mass is 160 g/mol. The van der Waals surface area contributed by atoms with Crippen LogP contribution in [0, 0.1) is 11.8 Å². The van der Waals surface area contributed by atoms with Crippen molar-refractivity contribution in [2.24, 2.45) is 0 Å². The molecule has 0 aromatic carbocycles. The molecule has 0 aromatic heterocycles. The molecule has 0 atom stereocenters. The summed E-state index contributed by atoms with van der Waals surface area (Å²) in [7, 11) is -3.53. The summed E-state index contributed by atoms with van der Waals surface area (Å²) < 4.78 is 25.2. The van der Waals surface area contributed by atoms with Crippen LogP contribution in [-0.4, -0.2) is 15.0 Å². The number of hydrogen-bond acceptors (Lipinski definition) is 3. The van der Waals surface area contributed by atoms with Crippen molar-refractivity contribution < 1.29 is 12.6 Å². The van der Waals surface area contributed by atoms with Gasteiger partial charge in [-0.3, -0.25) is 4.18 Å². The Balaban J connectivity index is 3.89. The van der Waals surface area contributed by atoms with Gasteiger partial charge in [0.25, 0.3) is 10.1 Å². The summed E-state index contributed by atoms with van der Waals surface area (Å²) in [6.07, 6.45) is 0. The average Bonchev–Trinajstić information content (AvgIpc) is 1.89. The third-order valence-corrected chi connectivity index (χ3v) is 1.53. The topological polar surface area (TPSA) is 43.4 Å². The fraction of sp³-hybridized carbons (Fsp3) is 0.333. The van der Waals surface area contributed by atoms with E-state index in [1.807, 2.05) is 0 Å². The summed E-state index contributed by atoms with van der Waals surface area (Å²) >= 11 is 0. The molecule has 0 saturated heterocycles. The van der Waals surface area contributed by atoms with Crippen molar-refractivity contribution >= 4 is 10.1 Å². The van der Waals surface area contributed by atoms with Gasteiger partial charge in [-0.25, -0.2) is 0 Å². The Kier molecular flexibility index (Phi) is 3.77. The lowest BCUT2D eigenvalue weighted by molar-refractivity contribution is 0.370. The first-order valence-corrected chi connectivity index (χ1v) is 4.01. The maximum atomic E-state index is 10.5. The van der Waals surface area contributed by atoms with Crippen molar-refractivity contribution in [1.82, 2.24) is 0 Å². The van der Waals surface area contributed by atoms with E-state index >= 15 is 0 Å². The van der Waals surface area contributed by atoms with E-state index in [-0.39, 0.29) is 6.61 Å². The molecule has 0 N–H and O–H groups in total. The molecule has 10 heavy (non-hydrogen) atoms. The third kappa shape index (κ3) is 4.13. The zero-order valence-corrected chi connectivity index (χ0v) is 6.44. The van der Waals surface area contributed by atoms with Crippen LogP contribution in [0.15, 0.2) is 12.0 Å². The largest absolute Gasteiger partial charge is 0.290 e. The van der Waals surface area contributed by atoms with Crippen LogP contribution >= 0.6 is 0 Å². The first-order chi connectivity index (χ1) is 4.62. The molecular weight excluding hydrogens is 152 g/mol. The van der Waals surface area contributed by atoms with E-state index in [2.05, 4.69) is 22.6 Å². The van der Waals surface area contributed by atoms with Crippen LogP contribution < -0.4 is 0 Å². The standard InChI is InChI=1S/C6H8O3S/c1-3-5-6-9-10(7,8)4-2/h4H,2,6H2,1H3. The van der Waals surface area contributed by atoms with E-state index in [1.165, 1.54) is 0 Å². The highest BCUT2D eigenvalue weighted by Gasteiger charge is 2.00. The molecule has 0 saturated carbocycles. The molecule has 0 bridgehead atoms. The molecule has 0 radical (unpaired) electrons. The molecule has 4 heteroatoms. The second kappa shape index (κ2) is 4.09. The van der Waals surface area contributed by atoms with Crippen LogP contribution in [-0.2, 0) is 14.3 Å². The maximum Gasteiger partial charge on any atom is 0.290 e. The van der Waals surface area contributed by atoms with Crippen LogP contribution in [0.1, 0.15) is 6.92 Å². The van der Waals surface area contributed by atoms with Crippen molar-refractivity contribution in [3.63, 3.8) is 0 Å². The highest BCUT2D eigenvalue weighted by atomic mass is 32.2. The van der Waals surface area contributed by atoms with Crippen molar-refractivity contribution in [3.05, 3.63) is 12.0 Å². The summed E-state index contributed by atoms with van der Waals surface area (Å²) in [5, 5.41) is 0.740. The molecule has 0 unspecified atom stereocenters. The first-order valence-electron chi connectivity index (χ1n) is 2.54. The van der Waals surface area contributed by atoms with E-state index < -0.39 is 10.1 Å². The van der Waals surface area contributed by atoms with Crippen LogP contribution in [0.4, 0.5) is 0 Å². The zero-order valence-electron chi connectivity index (χ0n) is 5.62. The van der Waals surface area contributed by atoms with Gasteiger partial charge in [0.05, 0.1) is 5.41 Å². The molecule has 0 aromatic rings. The molecule has 0 aliphatic rings. The van der Waals surface area contributed by atoms with E-state index in [0.717, 1.165) is 5.41 Å². The second-order valence-electron chi connectivity index (χ2n) is 1.35. The molecule has 0 fully saturated rings. The highest BCUT2D eigenvalue weighted by Crippen LogP contribution is 1.90. The van der Waals surface area contributed by atoms with Gasteiger partial charge in [0.1, 0.15) is 6.61 Å². The Hall–Kier alpha value is -0.790. The van der Waals surface area contributed by atoms with Gasteiger partial charge in [0.2, 0.25) is 0 Å². The molecule has 0 aliphatic carbocycles. The smallest absolute Gasteiger partial charge is 0.254 e. The highest BCUT2D eigenvalue weighted by molar-refractivity contribution is 7.89. The van der Waals surface area contributed by atoms with Crippen molar-refractivity contribution in [2.75, 3.05) is 6.61 Å².